The van der Waals surface area contributed by atoms with Crippen LogP contribution in [0, 0.1) is 5.82 Å². The topological polar surface area (TPSA) is 58.1 Å². The summed E-state index contributed by atoms with van der Waals surface area (Å²) in [4.78, 5) is 6.60. The predicted molar refractivity (Wildman–Crippen MR) is 129 cm³/mol. The number of guanidine groups is 1. The van der Waals surface area contributed by atoms with Gasteiger partial charge in [0.25, 0.3) is 0 Å². The first-order valence-corrected chi connectivity index (χ1v) is 10.0. The van der Waals surface area contributed by atoms with Gasteiger partial charge in [-0.2, -0.15) is 0 Å². The maximum Gasteiger partial charge on any atom is 0.191 e. The van der Waals surface area contributed by atoms with E-state index in [0.717, 1.165) is 50.9 Å². The highest BCUT2D eigenvalue weighted by atomic mass is 127. The molecule has 30 heavy (non-hydrogen) atoms. The van der Waals surface area contributed by atoms with Crippen molar-refractivity contribution in [2.45, 2.75) is 6.42 Å². The highest BCUT2D eigenvalue weighted by molar-refractivity contribution is 14.0. The van der Waals surface area contributed by atoms with Crippen LogP contribution in [0.25, 0.3) is 0 Å². The summed E-state index contributed by atoms with van der Waals surface area (Å²) in [5.41, 5.74) is 0.902. The molecule has 1 saturated heterocycles. The van der Waals surface area contributed by atoms with Crippen LogP contribution in [0.4, 0.5) is 4.39 Å². The van der Waals surface area contributed by atoms with E-state index in [1.54, 1.807) is 25.2 Å². The number of nitrogens with zero attached hydrogens (tertiary/aromatic N) is 2. The Morgan fingerprint density at radius 2 is 1.83 bits per heavy atom. The number of halogens is 2. The van der Waals surface area contributed by atoms with Gasteiger partial charge in [-0.15, -0.1) is 24.0 Å². The fourth-order valence-corrected chi connectivity index (χ4v) is 3.10. The maximum atomic E-state index is 14.3. The summed E-state index contributed by atoms with van der Waals surface area (Å²) in [5, 5.41) is 6.58. The van der Waals surface area contributed by atoms with Crippen LogP contribution in [0.15, 0.2) is 53.5 Å². The Kier molecular flexibility index (Phi) is 10.9. The average Bonchev–Trinajstić information content (AvgIpc) is 2.76. The van der Waals surface area contributed by atoms with E-state index < -0.39 is 0 Å². The Labute approximate surface area is 194 Å². The lowest BCUT2D eigenvalue weighted by atomic mass is 10.1. The number of hydrogen-bond acceptors (Lipinski definition) is 4. The summed E-state index contributed by atoms with van der Waals surface area (Å²) in [6.07, 6.45) is 0.687. The first-order valence-electron chi connectivity index (χ1n) is 10.0. The van der Waals surface area contributed by atoms with Gasteiger partial charge in [0.1, 0.15) is 5.75 Å². The Morgan fingerprint density at radius 3 is 2.53 bits per heavy atom. The zero-order valence-electron chi connectivity index (χ0n) is 17.3. The van der Waals surface area contributed by atoms with Gasteiger partial charge in [-0.1, -0.05) is 24.3 Å². The smallest absolute Gasteiger partial charge is 0.191 e. The molecule has 1 heterocycles. The SMILES string of the molecule is CN=C(NCCc1ccc(Oc2ccccc2)c(F)c1)NCCN1CCOCC1.I. The van der Waals surface area contributed by atoms with Crippen molar-refractivity contribution in [1.29, 1.82) is 0 Å². The molecule has 0 bridgehead atoms. The number of rotatable bonds is 8. The lowest BCUT2D eigenvalue weighted by Gasteiger charge is -2.26. The minimum absolute atomic E-state index is 0. The Morgan fingerprint density at radius 1 is 1.10 bits per heavy atom. The number of morpholine rings is 1. The molecule has 1 fully saturated rings. The molecule has 2 aromatic carbocycles. The van der Waals surface area contributed by atoms with Gasteiger partial charge in [0.05, 0.1) is 13.2 Å². The Balaban J connectivity index is 0.00000320. The number of nitrogens with one attached hydrogen (secondary N) is 2. The Bertz CT molecular complexity index is 786. The standard InChI is InChI=1S/C22H29FN4O2.HI/c1-24-22(26-11-12-27-13-15-28-16-14-27)25-10-9-18-7-8-21(20(23)17-18)29-19-5-3-2-4-6-19;/h2-8,17H,9-16H2,1H3,(H2,24,25,26);1H. The molecule has 0 unspecified atom stereocenters. The molecule has 8 heteroatoms. The molecule has 0 saturated carbocycles. The molecule has 0 aliphatic carbocycles. The summed E-state index contributed by atoms with van der Waals surface area (Å²) in [6, 6.07) is 14.3. The van der Waals surface area contributed by atoms with Crippen LogP contribution in [0.1, 0.15) is 5.56 Å². The number of hydrogen-bond donors (Lipinski definition) is 2. The van der Waals surface area contributed by atoms with Crippen LogP contribution >= 0.6 is 24.0 Å². The van der Waals surface area contributed by atoms with E-state index in [1.165, 1.54) is 6.07 Å². The van der Waals surface area contributed by atoms with Crippen LogP contribution in [0.2, 0.25) is 0 Å². The molecule has 1 aliphatic rings. The van der Waals surface area contributed by atoms with E-state index in [2.05, 4.69) is 20.5 Å². The van der Waals surface area contributed by atoms with Gasteiger partial charge in [0, 0.05) is 39.8 Å². The molecule has 0 atom stereocenters. The first-order chi connectivity index (χ1) is 14.2. The average molecular weight is 528 g/mol. The molecule has 0 amide bonds. The molecule has 0 aromatic heterocycles. The normalized spacial score (nSPS) is 14.7. The minimum atomic E-state index is -0.362. The highest BCUT2D eigenvalue weighted by Crippen LogP contribution is 2.24. The van der Waals surface area contributed by atoms with E-state index in [9.17, 15) is 4.39 Å². The fourth-order valence-electron chi connectivity index (χ4n) is 3.10. The summed E-state index contributed by atoms with van der Waals surface area (Å²) >= 11 is 0. The van der Waals surface area contributed by atoms with Crippen LogP contribution in [-0.4, -0.2) is 63.8 Å². The number of ether oxygens (including phenoxy) is 2. The van der Waals surface area contributed by atoms with E-state index in [0.29, 0.717) is 18.7 Å². The molecule has 164 valence electrons. The molecule has 2 aromatic rings. The summed E-state index contributed by atoms with van der Waals surface area (Å²) in [7, 11) is 1.75. The van der Waals surface area contributed by atoms with Crippen LogP contribution in [0.5, 0.6) is 11.5 Å². The largest absolute Gasteiger partial charge is 0.454 e. The van der Waals surface area contributed by atoms with Gasteiger partial charge in [-0.05, 0) is 36.2 Å². The van der Waals surface area contributed by atoms with Crippen molar-refractivity contribution in [3.63, 3.8) is 0 Å². The summed E-state index contributed by atoms with van der Waals surface area (Å²) < 4.78 is 25.3. The molecule has 6 nitrogen and oxygen atoms in total. The molecule has 1 aliphatic heterocycles. The van der Waals surface area contributed by atoms with Crippen molar-refractivity contribution in [3.8, 4) is 11.5 Å². The van der Waals surface area contributed by atoms with Gasteiger partial charge in [-0.3, -0.25) is 9.89 Å². The zero-order valence-corrected chi connectivity index (χ0v) is 19.6. The summed E-state index contributed by atoms with van der Waals surface area (Å²) in [5.74, 6) is 1.24. The van der Waals surface area contributed by atoms with Crippen molar-refractivity contribution >= 4 is 29.9 Å². The van der Waals surface area contributed by atoms with Gasteiger partial charge in [0.15, 0.2) is 17.5 Å². The summed E-state index contributed by atoms with van der Waals surface area (Å²) in [6.45, 7) is 6.00. The van der Waals surface area contributed by atoms with Crippen molar-refractivity contribution in [2.75, 3.05) is 53.0 Å². The number of para-hydroxylation sites is 1. The molecular weight excluding hydrogens is 498 g/mol. The zero-order chi connectivity index (χ0) is 20.3. The van der Waals surface area contributed by atoms with Crippen molar-refractivity contribution in [2.24, 2.45) is 4.99 Å². The van der Waals surface area contributed by atoms with Crippen LogP contribution in [-0.2, 0) is 11.2 Å². The second-order valence-electron chi connectivity index (χ2n) is 6.81. The molecule has 0 radical (unpaired) electrons. The maximum absolute atomic E-state index is 14.3. The lowest BCUT2D eigenvalue weighted by molar-refractivity contribution is 0.0389. The van der Waals surface area contributed by atoms with Gasteiger partial charge < -0.3 is 20.1 Å². The van der Waals surface area contributed by atoms with E-state index in [1.807, 2.05) is 24.3 Å². The second kappa shape index (κ2) is 13.4. The van der Waals surface area contributed by atoms with E-state index in [-0.39, 0.29) is 35.5 Å². The van der Waals surface area contributed by atoms with Crippen LogP contribution < -0.4 is 15.4 Å². The third kappa shape index (κ3) is 8.08. The first kappa shape index (κ1) is 24.4. The monoisotopic (exact) mass is 528 g/mol. The highest BCUT2D eigenvalue weighted by Gasteiger charge is 2.10. The van der Waals surface area contributed by atoms with E-state index in [4.69, 9.17) is 9.47 Å². The van der Waals surface area contributed by atoms with Gasteiger partial charge >= 0.3 is 0 Å². The fraction of sp³-hybridized carbons (Fsp3) is 0.409. The molecule has 3 rings (SSSR count). The molecular formula is C22H30FIN4O2. The van der Waals surface area contributed by atoms with Crippen molar-refractivity contribution < 1.29 is 13.9 Å². The third-order valence-electron chi connectivity index (χ3n) is 4.72. The minimum Gasteiger partial charge on any atom is -0.454 e. The van der Waals surface area contributed by atoms with Crippen LogP contribution in [0.3, 0.4) is 0 Å². The predicted octanol–water partition coefficient (Wildman–Crippen LogP) is 3.28. The second-order valence-corrected chi connectivity index (χ2v) is 6.81. The van der Waals surface area contributed by atoms with Crippen molar-refractivity contribution in [1.82, 2.24) is 15.5 Å². The van der Waals surface area contributed by atoms with Crippen molar-refractivity contribution in [3.05, 3.63) is 59.9 Å². The third-order valence-corrected chi connectivity index (χ3v) is 4.72. The Hall–Kier alpha value is -1.91. The van der Waals surface area contributed by atoms with Gasteiger partial charge in [0.2, 0.25) is 0 Å². The number of benzene rings is 2. The van der Waals surface area contributed by atoms with Gasteiger partial charge in [-0.25, -0.2) is 4.39 Å². The lowest BCUT2D eigenvalue weighted by Crippen LogP contribution is -2.44. The molecule has 0 spiro atoms. The number of aliphatic imine (C=N–C) groups is 1. The van der Waals surface area contributed by atoms with E-state index >= 15 is 0 Å². The quantitative estimate of drug-likeness (QED) is 0.313. The molecule has 2 N–H and O–H groups in total.